The molecule has 2 rings (SSSR count). The summed E-state index contributed by atoms with van der Waals surface area (Å²) in [6, 6.07) is 13.3. The van der Waals surface area contributed by atoms with Gasteiger partial charge >= 0.3 is 5.97 Å². The predicted octanol–water partition coefficient (Wildman–Crippen LogP) is 2.67. The molecule has 0 saturated carbocycles. The van der Waals surface area contributed by atoms with Crippen LogP contribution in [0.1, 0.15) is 15.9 Å². The Morgan fingerprint density at radius 1 is 1.11 bits per heavy atom. The van der Waals surface area contributed by atoms with Crippen LogP contribution in [0.25, 0.3) is 0 Å². The van der Waals surface area contributed by atoms with E-state index in [9.17, 15) is 4.79 Å². The van der Waals surface area contributed by atoms with Crippen molar-refractivity contribution in [3.05, 3.63) is 59.7 Å². The molecule has 0 fully saturated rings. The Bertz CT molecular complexity index is 563. The molecule has 4 nitrogen and oxygen atoms in total. The van der Waals surface area contributed by atoms with E-state index in [1.165, 1.54) is 12.1 Å². The molecule has 2 aromatic carbocycles. The maximum atomic E-state index is 10.8. The largest absolute Gasteiger partial charge is 0.478 e. The maximum absolute atomic E-state index is 10.8. The van der Waals surface area contributed by atoms with Gasteiger partial charge in [-0.3, -0.25) is 0 Å². The highest BCUT2D eigenvalue weighted by atomic mass is 16.5. The first-order valence-electron chi connectivity index (χ1n) is 5.40. The van der Waals surface area contributed by atoms with Gasteiger partial charge in [0, 0.05) is 5.56 Å². The Kier molecular flexibility index (Phi) is 3.60. The number of benzene rings is 2. The summed E-state index contributed by atoms with van der Waals surface area (Å²) in [5.74, 6) is -0.0609. The van der Waals surface area contributed by atoms with Crippen LogP contribution in [0.2, 0.25) is 0 Å². The van der Waals surface area contributed by atoms with Gasteiger partial charge in [0.1, 0.15) is 11.5 Å². The molecule has 0 radical (unpaired) electrons. The Morgan fingerprint density at radius 2 is 1.89 bits per heavy atom. The molecule has 0 saturated heterocycles. The summed E-state index contributed by atoms with van der Waals surface area (Å²) in [7, 11) is 0. The third kappa shape index (κ3) is 2.67. The van der Waals surface area contributed by atoms with Crippen molar-refractivity contribution in [1.29, 1.82) is 0 Å². The zero-order chi connectivity index (χ0) is 13.0. The summed E-state index contributed by atoms with van der Waals surface area (Å²) in [5.41, 5.74) is 0.812. The molecule has 92 valence electrons. The lowest BCUT2D eigenvalue weighted by Crippen LogP contribution is -1.97. The maximum Gasteiger partial charge on any atom is 0.335 e. The second kappa shape index (κ2) is 5.33. The van der Waals surface area contributed by atoms with Crippen LogP contribution in [-0.4, -0.2) is 16.2 Å². The number of carbonyl (C=O) groups is 1. The molecule has 0 aliphatic heterocycles. The van der Waals surface area contributed by atoms with Crippen LogP contribution in [0.5, 0.6) is 11.5 Å². The number of para-hydroxylation sites is 1. The van der Waals surface area contributed by atoms with Gasteiger partial charge in [0.05, 0.1) is 12.2 Å². The van der Waals surface area contributed by atoms with Gasteiger partial charge < -0.3 is 14.9 Å². The van der Waals surface area contributed by atoms with E-state index in [1.54, 1.807) is 36.4 Å². The number of carboxylic acids is 1. The number of carboxylic acid groups (broad SMARTS) is 1. The molecule has 0 spiro atoms. The monoisotopic (exact) mass is 244 g/mol. The van der Waals surface area contributed by atoms with Crippen LogP contribution < -0.4 is 4.74 Å². The number of hydrogen-bond acceptors (Lipinski definition) is 3. The van der Waals surface area contributed by atoms with Crippen LogP contribution in [0, 0.1) is 0 Å². The van der Waals surface area contributed by atoms with E-state index in [2.05, 4.69) is 0 Å². The minimum Gasteiger partial charge on any atom is -0.478 e. The van der Waals surface area contributed by atoms with Crippen molar-refractivity contribution in [3.63, 3.8) is 0 Å². The molecule has 0 bridgehead atoms. The standard InChI is InChI=1S/C14H12O4/c15-9-11-4-1-2-7-13(11)18-12-6-3-5-10(8-12)14(16)17/h1-8,15H,9H2,(H,16,17). The summed E-state index contributed by atoms with van der Waals surface area (Å²) >= 11 is 0. The lowest BCUT2D eigenvalue weighted by atomic mass is 10.2. The molecule has 2 aromatic rings. The van der Waals surface area contributed by atoms with E-state index in [0.29, 0.717) is 17.1 Å². The minimum atomic E-state index is -1.00. The summed E-state index contributed by atoms with van der Waals surface area (Å²) in [6.45, 7) is -0.130. The second-order valence-electron chi connectivity index (χ2n) is 3.70. The SMILES string of the molecule is O=C(O)c1cccc(Oc2ccccc2CO)c1. The Morgan fingerprint density at radius 3 is 2.61 bits per heavy atom. The number of ether oxygens (including phenoxy) is 1. The summed E-state index contributed by atoms with van der Waals surface area (Å²) in [5, 5.41) is 18.0. The highest BCUT2D eigenvalue weighted by Gasteiger charge is 2.06. The molecule has 4 heteroatoms. The van der Waals surface area contributed by atoms with Crippen molar-refractivity contribution in [2.75, 3.05) is 0 Å². The third-order valence-electron chi connectivity index (χ3n) is 2.45. The van der Waals surface area contributed by atoms with E-state index in [1.807, 2.05) is 0 Å². The van der Waals surface area contributed by atoms with Gasteiger partial charge in [0.15, 0.2) is 0 Å². The van der Waals surface area contributed by atoms with Crippen molar-refractivity contribution in [2.24, 2.45) is 0 Å². The van der Waals surface area contributed by atoms with Gasteiger partial charge in [-0.25, -0.2) is 4.79 Å². The number of aliphatic hydroxyl groups is 1. The van der Waals surface area contributed by atoms with E-state index in [0.717, 1.165) is 0 Å². The van der Waals surface area contributed by atoms with Gasteiger partial charge in [-0.2, -0.15) is 0 Å². The fourth-order valence-electron chi connectivity index (χ4n) is 1.55. The smallest absolute Gasteiger partial charge is 0.335 e. The lowest BCUT2D eigenvalue weighted by Gasteiger charge is -2.09. The van der Waals surface area contributed by atoms with Crippen LogP contribution in [0.15, 0.2) is 48.5 Å². The molecule has 0 heterocycles. The number of hydrogen-bond donors (Lipinski definition) is 2. The molecule has 0 amide bonds. The van der Waals surface area contributed by atoms with Gasteiger partial charge in [-0.15, -0.1) is 0 Å². The molecule has 18 heavy (non-hydrogen) atoms. The van der Waals surface area contributed by atoms with E-state index < -0.39 is 5.97 Å². The fraction of sp³-hybridized carbons (Fsp3) is 0.0714. The topological polar surface area (TPSA) is 66.8 Å². The van der Waals surface area contributed by atoms with Crippen LogP contribution in [0.3, 0.4) is 0 Å². The molecule has 0 aliphatic carbocycles. The molecule has 2 N–H and O–H groups in total. The fourth-order valence-corrected chi connectivity index (χ4v) is 1.55. The van der Waals surface area contributed by atoms with Crippen LogP contribution >= 0.6 is 0 Å². The zero-order valence-electron chi connectivity index (χ0n) is 9.54. The first-order valence-corrected chi connectivity index (χ1v) is 5.40. The van der Waals surface area contributed by atoms with Crippen LogP contribution in [-0.2, 0) is 6.61 Å². The van der Waals surface area contributed by atoms with E-state index in [4.69, 9.17) is 14.9 Å². The highest BCUT2D eigenvalue weighted by Crippen LogP contribution is 2.25. The van der Waals surface area contributed by atoms with Crippen molar-refractivity contribution in [1.82, 2.24) is 0 Å². The second-order valence-corrected chi connectivity index (χ2v) is 3.70. The van der Waals surface area contributed by atoms with Crippen molar-refractivity contribution < 1.29 is 19.7 Å². The number of aromatic carboxylic acids is 1. The van der Waals surface area contributed by atoms with Gasteiger partial charge in [0.25, 0.3) is 0 Å². The normalized spacial score (nSPS) is 10.1. The summed E-state index contributed by atoms with van der Waals surface area (Å²) in [6.07, 6.45) is 0. The predicted molar refractivity (Wildman–Crippen MR) is 65.8 cm³/mol. The minimum absolute atomic E-state index is 0.130. The Labute approximate surface area is 104 Å². The molecule has 0 aliphatic rings. The number of aliphatic hydroxyl groups excluding tert-OH is 1. The summed E-state index contributed by atoms with van der Waals surface area (Å²) < 4.78 is 5.57. The summed E-state index contributed by atoms with van der Waals surface area (Å²) in [4.78, 5) is 10.8. The highest BCUT2D eigenvalue weighted by molar-refractivity contribution is 5.88. The quantitative estimate of drug-likeness (QED) is 0.867. The average Bonchev–Trinajstić information content (AvgIpc) is 2.39. The first kappa shape index (κ1) is 12.1. The van der Waals surface area contributed by atoms with Crippen molar-refractivity contribution in [2.45, 2.75) is 6.61 Å². The van der Waals surface area contributed by atoms with Gasteiger partial charge in [0.2, 0.25) is 0 Å². The molecule has 0 atom stereocenters. The van der Waals surface area contributed by atoms with Gasteiger partial charge in [-0.05, 0) is 24.3 Å². The number of rotatable bonds is 4. The molecule has 0 unspecified atom stereocenters. The van der Waals surface area contributed by atoms with Gasteiger partial charge in [-0.1, -0.05) is 24.3 Å². The Hall–Kier alpha value is -2.33. The molecular formula is C14H12O4. The Balaban J connectivity index is 2.28. The zero-order valence-corrected chi connectivity index (χ0v) is 9.54. The third-order valence-corrected chi connectivity index (χ3v) is 2.45. The molecule has 0 aromatic heterocycles. The van der Waals surface area contributed by atoms with Crippen LogP contribution in [0.4, 0.5) is 0 Å². The van der Waals surface area contributed by atoms with Crippen molar-refractivity contribution in [3.8, 4) is 11.5 Å². The van der Waals surface area contributed by atoms with Crippen molar-refractivity contribution >= 4 is 5.97 Å². The lowest BCUT2D eigenvalue weighted by molar-refractivity contribution is 0.0696. The molecular weight excluding hydrogens is 232 g/mol. The first-order chi connectivity index (χ1) is 8.70. The average molecular weight is 244 g/mol. The van der Waals surface area contributed by atoms with E-state index >= 15 is 0 Å². The van der Waals surface area contributed by atoms with E-state index in [-0.39, 0.29) is 12.2 Å².